The van der Waals surface area contributed by atoms with Crippen molar-refractivity contribution in [2.75, 3.05) is 6.54 Å². The molecule has 0 aliphatic carbocycles. The normalized spacial score (nSPS) is 11.0. The zero-order chi connectivity index (χ0) is 18.5. The van der Waals surface area contributed by atoms with Gasteiger partial charge in [-0.05, 0) is 36.8 Å². The third kappa shape index (κ3) is 3.77. The predicted octanol–water partition coefficient (Wildman–Crippen LogP) is 1.99. The number of nitrogens with zero attached hydrogens (tertiary/aromatic N) is 2. The van der Waals surface area contributed by atoms with Gasteiger partial charge in [-0.25, -0.2) is 4.79 Å². The molecule has 0 aliphatic rings. The summed E-state index contributed by atoms with van der Waals surface area (Å²) in [6.45, 7) is 2.49. The summed E-state index contributed by atoms with van der Waals surface area (Å²) in [6, 6.07) is 11.8. The van der Waals surface area contributed by atoms with Crippen LogP contribution in [0.1, 0.15) is 18.9 Å². The number of thiophene rings is 1. The minimum absolute atomic E-state index is 0.0856. The number of hydrogen-bond acceptors (Lipinski definition) is 4. The van der Waals surface area contributed by atoms with E-state index in [-0.39, 0.29) is 24.6 Å². The highest BCUT2D eigenvalue weighted by molar-refractivity contribution is 7.17. The van der Waals surface area contributed by atoms with Gasteiger partial charge in [0, 0.05) is 13.1 Å². The molecule has 3 aromatic rings. The molecule has 2 heterocycles. The standard InChI is InChI=1S/C19H21N3O3S/c1-2-21-18(24)17-15(10-12-26-17)22(19(21)25)13-16(23)20-11-6-9-14-7-4-3-5-8-14/h3-5,7-8,10,12H,2,6,9,11,13H2,1H3,(H,20,23). The molecule has 0 saturated carbocycles. The van der Waals surface area contributed by atoms with Crippen LogP contribution >= 0.6 is 11.3 Å². The van der Waals surface area contributed by atoms with Gasteiger partial charge in [-0.1, -0.05) is 30.3 Å². The number of carbonyl (C=O) groups is 1. The Balaban J connectivity index is 1.67. The highest BCUT2D eigenvalue weighted by atomic mass is 32.1. The molecule has 0 atom stereocenters. The van der Waals surface area contributed by atoms with E-state index in [2.05, 4.69) is 17.4 Å². The molecule has 1 amide bonds. The molecule has 0 unspecified atom stereocenters. The van der Waals surface area contributed by atoms with Crippen LogP contribution in [0.5, 0.6) is 0 Å². The van der Waals surface area contributed by atoms with Gasteiger partial charge in [-0.2, -0.15) is 0 Å². The molecule has 0 spiro atoms. The lowest BCUT2D eigenvalue weighted by Crippen LogP contribution is -2.42. The maximum Gasteiger partial charge on any atom is 0.331 e. The van der Waals surface area contributed by atoms with Crippen molar-refractivity contribution >= 4 is 27.5 Å². The summed E-state index contributed by atoms with van der Waals surface area (Å²) in [7, 11) is 0. The van der Waals surface area contributed by atoms with Gasteiger partial charge in [0.25, 0.3) is 5.56 Å². The van der Waals surface area contributed by atoms with Crippen molar-refractivity contribution in [3.05, 3.63) is 68.2 Å². The maximum absolute atomic E-state index is 12.5. The van der Waals surface area contributed by atoms with Gasteiger partial charge in [0.05, 0.1) is 5.52 Å². The highest BCUT2D eigenvalue weighted by Crippen LogP contribution is 2.15. The number of amides is 1. The molecule has 3 rings (SSSR count). The van der Waals surface area contributed by atoms with Crippen molar-refractivity contribution in [1.82, 2.24) is 14.5 Å². The summed E-state index contributed by atoms with van der Waals surface area (Å²) in [5.74, 6) is -0.228. The molecule has 136 valence electrons. The van der Waals surface area contributed by atoms with E-state index in [1.807, 2.05) is 18.2 Å². The van der Waals surface area contributed by atoms with E-state index >= 15 is 0 Å². The van der Waals surface area contributed by atoms with Crippen LogP contribution in [0, 0.1) is 0 Å². The van der Waals surface area contributed by atoms with Gasteiger partial charge in [0.2, 0.25) is 5.91 Å². The topological polar surface area (TPSA) is 73.1 Å². The van der Waals surface area contributed by atoms with Crippen LogP contribution in [0.2, 0.25) is 0 Å². The average molecular weight is 371 g/mol. The Morgan fingerprint density at radius 3 is 2.62 bits per heavy atom. The first-order valence-electron chi connectivity index (χ1n) is 8.63. The summed E-state index contributed by atoms with van der Waals surface area (Å²) < 4.78 is 3.05. The first kappa shape index (κ1) is 18.1. The fourth-order valence-electron chi connectivity index (χ4n) is 2.93. The molecule has 0 bridgehead atoms. The maximum atomic E-state index is 12.5. The van der Waals surface area contributed by atoms with Crippen molar-refractivity contribution in [2.45, 2.75) is 32.9 Å². The van der Waals surface area contributed by atoms with Crippen LogP contribution in [-0.2, 0) is 24.3 Å². The Kier molecular flexibility index (Phi) is 5.68. The summed E-state index contributed by atoms with van der Waals surface area (Å²) >= 11 is 1.29. The monoisotopic (exact) mass is 371 g/mol. The molecule has 0 radical (unpaired) electrons. The molecule has 0 saturated heterocycles. The number of aryl methyl sites for hydroxylation is 1. The second kappa shape index (κ2) is 8.14. The summed E-state index contributed by atoms with van der Waals surface area (Å²) in [6.07, 6.45) is 1.71. The Bertz CT molecular complexity index is 1020. The third-order valence-electron chi connectivity index (χ3n) is 4.26. The number of aromatic nitrogens is 2. The van der Waals surface area contributed by atoms with Crippen LogP contribution in [0.3, 0.4) is 0 Å². The van der Waals surface area contributed by atoms with Gasteiger partial charge >= 0.3 is 5.69 Å². The molecular weight excluding hydrogens is 350 g/mol. The Morgan fingerprint density at radius 1 is 1.12 bits per heavy atom. The Morgan fingerprint density at radius 2 is 1.88 bits per heavy atom. The van der Waals surface area contributed by atoms with E-state index in [0.717, 1.165) is 12.8 Å². The van der Waals surface area contributed by atoms with Gasteiger partial charge in [0.1, 0.15) is 11.2 Å². The molecule has 1 aromatic carbocycles. The van der Waals surface area contributed by atoms with Crippen LogP contribution < -0.4 is 16.6 Å². The van der Waals surface area contributed by atoms with E-state index in [1.54, 1.807) is 18.4 Å². The number of fused-ring (bicyclic) bond motifs is 1. The minimum Gasteiger partial charge on any atom is -0.355 e. The number of nitrogens with one attached hydrogen (secondary N) is 1. The van der Waals surface area contributed by atoms with Crippen molar-refractivity contribution in [1.29, 1.82) is 0 Å². The molecule has 7 heteroatoms. The summed E-state index contributed by atoms with van der Waals surface area (Å²) in [5.41, 5.74) is 1.02. The largest absolute Gasteiger partial charge is 0.355 e. The average Bonchev–Trinajstić information content (AvgIpc) is 3.14. The van der Waals surface area contributed by atoms with Crippen LogP contribution in [0.25, 0.3) is 10.2 Å². The van der Waals surface area contributed by atoms with E-state index in [1.165, 1.54) is 26.0 Å². The molecule has 26 heavy (non-hydrogen) atoms. The second-order valence-corrected chi connectivity index (χ2v) is 6.91. The van der Waals surface area contributed by atoms with Crippen LogP contribution in [0.15, 0.2) is 51.4 Å². The highest BCUT2D eigenvalue weighted by Gasteiger charge is 2.15. The van der Waals surface area contributed by atoms with Gasteiger partial charge < -0.3 is 5.32 Å². The fraction of sp³-hybridized carbons (Fsp3) is 0.316. The number of benzene rings is 1. The summed E-state index contributed by atoms with van der Waals surface area (Å²) in [5, 5.41) is 4.62. The lowest BCUT2D eigenvalue weighted by atomic mass is 10.1. The number of carbonyl (C=O) groups excluding carboxylic acids is 1. The van der Waals surface area contributed by atoms with Crippen molar-refractivity contribution in [3.63, 3.8) is 0 Å². The summed E-state index contributed by atoms with van der Waals surface area (Å²) in [4.78, 5) is 37.1. The molecular formula is C19H21N3O3S. The Labute approximate surface area is 154 Å². The van der Waals surface area contributed by atoms with Gasteiger partial charge in [-0.15, -0.1) is 11.3 Å². The van der Waals surface area contributed by atoms with E-state index < -0.39 is 5.69 Å². The predicted molar refractivity (Wildman–Crippen MR) is 104 cm³/mol. The van der Waals surface area contributed by atoms with Crippen LogP contribution in [-0.4, -0.2) is 21.6 Å². The molecule has 6 nitrogen and oxygen atoms in total. The second-order valence-electron chi connectivity index (χ2n) is 5.99. The Hall–Kier alpha value is -2.67. The smallest absolute Gasteiger partial charge is 0.331 e. The van der Waals surface area contributed by atoms with Gasteiger partial charge in [-0.3, -0.25) is 18.7 Å². The fourth-order valence-corrected chi connectivity index (χ4v) is 3.77. The molecule has 2 aromatic heterocycles. The lowest BCUT2D eigenvalue weighted by molar-refractivity contribution is -0.121. The number of hydrogen-bond donors (Lipinski definition) is 1. The lowest BCUT2D eigenvalue weighted by Gasteiger charge is -2.11. The molecule has 0 aliphatic heterocycles. The van der Waals surface area contributed by atoms with E-state index in [4.69, 9.17) is 0 Å². The van der Waals surface area contributed by atoms with Crippen LogP contribution in [0.4, 0.5) is 0 Å². The van der Waals surface area contributed by atoms with Gasteiger partial charge in [0.15, 0.2) is 0 Å². The SMILES string of the molecule is CCn1c(=O)c2sccc2n(CC(=O)NCCCc2ccccc2)c1=O. The minimum atomic E-state index is -0.442. The van der Waals surface area contributed by atoms with Crippen molar-refractivity contribution < 1.29 is 4.79 Å². The van der Waals surface area contributed by atoms with E-state index in [0.29, 0.717) is 16.8 Å². The third-order valence-corrected chi connectivity index (χ3v) is 5.15. The molecule has 0 fully saturated rings. The van der Waals surface area contributed by atoms with Crippen molar-refractivity contribution in [2.24, 2.45) is 0 Å². The zero-order valence-electron chi connectivity index (χ0n) is 14.6. The van der Waals surface area contributed by atoms with E-state index in [9.17, 15) is 14.4 Å². The molecule has 1 N–H and O–H groups in total. The zero-order valence-corrected chi connectivity index (χ0v) is 15.4. The quantitative estimate of drug-likeness (QED) is 0.646. The first-order valence-corrected chi connectivity index (χ1v) is 9.51. The number of rotatable bonds is 7. The van der Waals surface area contributed by atoms with Crippen molar-refractivity contribution in [3.8, 4) is 0 Å². The first-order chi connectivity index (χ1) is 12.6.